The highest BCUT2D eigenvalue weighted by molar-refractivity contribution is 5.85. The van der Waals surface area contributed by atoms with E-state index in [0.29, 0.717) is 24.3 Å². The van der Waals surface area contributed by atoms with Crippen LogP contribution in [0.3, 0.4) is 0 Å². The first-order valence-electron chi connectivity index (χ1n) is 8.51. The molecule has 0 saturated heterocycles. The minimum atomic E-state index is -0.191. The lowest BCUT2D eigenvalue weighted by Gasteiger charge is -2.39. The summed E-state index contributed by atoms with van der Waals surface area (Å²) in [5, 5.41) is 3.62. The van der Waals surface area contributed by atoms with E-state index in [0.717, 1.165) is 22.9 Å². The van der Waals surface area contributed by atoms with Gasteiger partial charge in [-0.2, -0.15) is 0 Å². The van der Waals surface area contributed by atoms with E-state index in [1.54, 1.807) is 0 Å². The average molecular weight is 355 g/mol. The standard InChI is InChI=1S/C19H30N2O2.ClH/c1-13-9-15(12-19(2,3)11-13)21-17-7-5-14(10-16(17)20)6-8-18(22)23-4;/h5,7,10,13,15,21H,6,8-9,11-12,20H2,1-4H3;1H/t13-,15+;/m0./s1. The van der Waals surface area contributed by atoms with Gasteiger partial charge in [-0.3, -0.25) is 4.79 Å². The summed E-state index contributed by atoms with van der Waals surface area (Å²) in [5.41, 5.74) is 9.40. The van der Waals surface area contributed by atoms with Crippen molar-refractivity contribution in [1.82, 2.24) is 0 Å². The van der Waals surface area contributed by atoms with Gasteiger partial charge in [-0.05, 0) is 54.7 Å². The SMILES string of the molecule is COC(=O)CCc1ccc(N[C@@H]2C[C@H](C)CC(C)(C)C2)c(N)c1.Cl. The van der Waals surface area contributed by atoms with Crippen molar-refractivity contribution in [2.75, 3.05) is 18.2 Å². The molecule has 24 heavy (non-hydrogen) atoms. The molecule has 2 rings (SSSR count). The molecule has 4 nitrogen and oxygen atoms in total. The Hall–Kier alpha value is -1.42. The number of nitrogens with two attached hydrogens (primary N) is 1. The van der Waals surface area contributed by atoms with E-state index in [9.17, 15) is 4.79 Å². The van der Waals surface area contributed by atoms with Gasteiger partial charge in [-0.15, -0.1) is 12.4 Å². The summed E-state index contributed by atoms with van der Waals surface area (Å²) in [6.45, 7) is 7.02. The molecule has 1 saturated carbocycles. The Morgan fingerprint density at radius 2 is 2.08 bits per heavy atom. The molecule has 1 fully saturated rings. The molecule has 1 aliphatic rings. The van der Waals surface area contributed by atoms with Crippen molar-refractivity contribution < 1.29 is 9.53 Å². The molecule has 0 radical (unpaired) electrons. The average Bonchev–Trinajstić information content (AvgIpc) is 2.45. The first-order valence-corrected chi connectivity index (χ1v) is 8.51. The van der Waals surface area contributed by atoms with Gasteiger partial charge in [0.2, 0.25) is 0 Å². The van der Waals surface area contributed by atoms with Crippen LogP contribution in [0.25, 0.3) is 0 Å². The third-order valence-corrected chi connectivity index (χ3v) is 4.71. The number of aryl methyl sites for hydroxylation is 1. The summed E-state index contributed by atoms with van der Waals surface area (Å²) in [7, 11) is 1.41. The lowest BCUT2D eigenvalue weighted by molar-refractivity contribution is -0.140. The van der Waals surface area contributed by atoms with Crippen LogP contribution in [0.1, 0.15) is 52.0 Å². The summed E-state index contributed by atoms with van der Waals surface area (Å²) in [6.07, 6.45) is 4.68. The van der Waals surface area contributed by atoms with Gasteiger partial charge in [0.25, 0.3) is 0 Å². The van der Waals surface area contributed by atoms with Crippen LogP contribution in [0, 0.1) is 11.3 Å². The Morgan fingerprint density at radius 1 is 1.38 bits per heavy atom. The van der Waals surface area contributed by atoms with E-state index in [-0.39, 0.29) is 18.4 Å². The molecule has 0 bridgehead atoms. The van der Waals surface area contributed by atoms with E-state index in [1.165, 1.54) is 26.4 Å². The van der Waals surface area contributed by atoms with E-state index in [4.69, 9.17) is 5.73 Å². The van der Waals surface area contributed by atoms with Gasteiger partial charge in [0.1, 0.15) is 0 Å². The number of nitrogens with one attached hydrogen (secondary N) is 1. The molecule has 0 unspecified atom stereocenters. The number of esters is 1. The molecular weight excluding hydrogens is 324 g/mol. The molecule has 1 aliphatic carbocycles. The number of rotatable bonds is 5. The van der Waals surface area contributed by atoms with Crippen LogP contribution in [0.15, 0.2) is 18.2 Å². The lowest BCUT2D eigenvalue weighted by atomic mass is 9.70. The predicted molar refractivity (Wildman–Crippen MR) is 103 cm³/mol. The molecule has 0 spiro atoms. The summed E-state index contributed by atoms with van der Waals surface area (Å²) >= 11 is 0. The van der Waals surface area contributed by atoms with E-state index in [1.807, 2.05) is 18.2 Å². The molecule has 0 aliphatic heterocycles. The fourth-order valence-electron chi connectivity index (χ4n) is 3.92. The molecule has 0 amide bonds. The minimum absolute atomic E-state index is 0. The number of ether oxygens (including phenoxy) is 1. The summed E-state index contributed by atoms with van der Waals surface area (Å²) in [6, 6.07) is 6.51. The van der Waals surface area contributed by atoms with Crippen molar-refractivity contribution in [3.05, 3.63) is 23.8 Å². The predicted octanol–water partition coefficient (Wildman–Crippen LogP) is 4.42. The Labute approximate surface area is 151 Å². The van der Waals surface area contributed by atoms with Gasteiger partial charge in [0.15, 0.2) is 0 Å². The van der Waals surface area contributed by atoms with Crippen molar-refractivity contribution in [3.8, 4) is 0 Å². The van der Waals surface area contributed by atoms with Crippen LogP contribution in [-0.2, 0) is 16.0 Å². The Morgan fingerprint density at radius 3 is 2.67 bits per heavy atom. The fraction of sp³-hybridized carbons (Fsp3) is 0.632. The quantitative estimate of drug-likeness (QED) is 0.606. The van der Waals surface area contributed by atoms with E-state index >= 15 is 0 Å². The van der Waals surface area contributed by atoms with Crippen LogP contribution >= 0.6 is 12.4 Å². The number of benzene rings is 1. The maximum absolute atomic E-state index is 11.2. The molecule has 3 N–H and O–H groups in total. The number of halogens is 1. The highest BCUT2D eigenvalue weighted by Gasteiger charge is 2.32. The van der Waals surface area contributed by atoms with Crippen LogP contribution < -0.4 is 11.1 Å². The molecule has 0 heterocycles. The second-order valence-electron chi connectivity index (χ2n) is 7.75. The first kappa shape index (κ1) is 20.6. The minimum Gasteiger partial charge on any atom is -0.469 e. The highest BCUT2D eigenvalue weighted by atomic mass is 35.5. The molecule has 1 aromatic rings. The molecular formula is C19H31ClN2O2. The Kier molecular flexibility index (Phi) is 7.40. The van der Waals surface area contributed by atoms with Gasteiger partial charge in [-0.1, -0.05) is 26.8 Å². The maximum atomic E-state index is 11.2. The third kappa shape index (κ3) is 5.90. The molecule has 5 heteroatoms. The molecule has 2 atom stereocenters. The maximum Gasteiger partial charge on any atom is 0.305 e. The number of carbonyl (C=O) groups is 1. The number of hydrogen-bond donors (Lipinski definition) is 2. The Bertz CT molecular complexity index is 560. The van der Waals surface area contributed by atoms with Crippen LogP contribution in [-0.4, -0.2) is 19.1 Å². The fourth-order valence-corrected chi connectivity index (χ4v) is 3.92. The number of hydrogen-bond acceptors (Lipinski definition) is 4. The third-order valence-electron chi connectivity index (χ3n) is 4.71. The van der Waals surface area contributed by atoms with Gasteiger partial charge < -0.3 is 15.8 Å². The Balaban J connectivity index is 0.00000288. The number of carbonyl (C=O) groups excluding carboxylic acids is 1. The normalized spacial score (nSPS) is 22.3. The zero-order valence-corrected chi connectivity index (χ0v) is 16.0. The molecule has 0 aromatic heterocycles. The number of nitrogen functional groups attached to an aromatic ring is 1. The highest BCUT2D eigenvalue weighted by Crippen LogP contribution is 2.40. The topological polar surface area (TPSA) is 64.3 Å². The second-order valence-corrected chi connectivity index (χ2v) is 7.75. The zero-order chi connectivity index (χ0) is 17.0. The number of methoxy groups -OCH3 is 1. The van der Waals surface area contributed by atoms with Crippen molar-refractivity contribution in [2.24, 2.45) is 11.3 Å². The number of anilines is 2. The summed E-state index contributed by atoms with van der Waals surface area (Å²) in [5.74, 6) is 0.543. The van der Waals surface area contributed by atoms with Gasteiger partial charge in [0.05, 0.1) is 18.5 Å². The summed E-state index contributed by atoms with van der Waals surface area (Å²) < 4.78 is 4.67. The summed E-state index contributed by atoms with van der Waals surface area (Å²) in [4.78, 5) is 11.2. The van der Waals surface area contributed by atoms with Crippen molar-refractivity contribution in [3.63, 3.8) is 0 Å². The smallest absolute Gasteiger partial charge is 0.305 e. The largest absolute Gasteiger partial charge is 0.469 e. The van der Waals surface area contributed by atoms with E-state index < -0.39 is 0 Å². The van der Waals surface area contributed by atoms with Gasteiger partial charge >= 0.3 is 5.97 Å². The van der Waals surface area contributed by atoms with Gasteiger partial charge in [-0.25, -0.2) is 0 Å². The monoisotopic (exact) mass is 354 g/mol. The lowest BCUT2D eigenvalue weighted by Crippen LogP contribution is -2.35. The van der Waals surface area contributed by atoms with Gasteiger partial charge in [0, 0.05) is 12.5 Å². The molecule has 1 aromatic carbocycles. The van der Waals surface area contributed by atoms with Crippen molar-refractivity contribution in [1.29, 1.82) is 0 Å². The molecule has 136 valence electrons. The van der Waals surface area contributed by atoms with Crippen LogP contribution in [0.2, 0.25) is 0 Å². The van der Waals surface area contributed by atoms with Crippen molar-refractivity contribution in [2.45, 2.75) is 58.9 Å². The van der Waals surface area contributed by atoms with Crippen LogP contribution in [0.4, 0.5) is 11.4 Å². The second kappa shape index (κ2) is 8.61. The first-order chi connectivity index (χ1) is 10.8. The zero-order valence-electron chi connectivity index (χ0n) is 15.2. The van der Waals surface area contributed by atoms with Crippen LogP contribution in [0.5, 0.6) is 0 Å². The van der Waals surface area contributed by atoms with E-state index in [2.05, 4.69) is 30.8 Å². The van der Waals surface area contributed by atoms with Crippen molar-refractivity contribution >= 4 is 29.8 Å².